The highest BCUT2D eigenvalue weighted by molar-refractivity contribution is 6.33. The topological polar surface area (TPSA) is 51.0 Å². The van der Waals surface area contributed by atoms with Crippen molar-refractivity contribution in [2.45, 2.75) is 12.5 Å². The van der Waals surface area contributed by atoms with E-state index < -0.39 is 0 Å². The molecule has 0 saturated heterocycles. The first-order valence-electron chi connectivity index (χ1n) is 9.32. The lowest BCUT2D eigenvalue weighted by Crippen LogP contribution is -2.25. The van der Waals surface area contributed by atoms with Gasteiger partial charge in [0.15, 0.2) is 0 Å². The second kappa shape index (κ2) is 8.99. The number of rotatable bonds is 7. The van der Waals surface area contributed by atoms with Gasteiger partial charge in [0.2, 0.25) is 11.8 Å². The summed E-state index contributed by atoms with van der Waals surface area (Å²) in [6.07, 6.45) is 0.837. The van der Waals surface area contributed by atoms with Crippen molar-refractivity contribution in [3.8, 4) is 11.5 Å². The summed E-state index contributed by atoms with van der Waals surface area (Å²) < 4.78 is 19.3. The predicted octanol–water partition coefficient (Wildman–Crippen LogP) is 5.45. The summed E-state index contributed by atoms with van der Waals surface area (Å²) in [5, 5.41) is 12.4. The number of benzene rings is 3. The lowest BCUT2D eigenvalue weighted by atomic mass is 10.1. The molecule has 4 aromatic rings. The van der Waals surface area contributed by atoms with E-state index in [4.69, 9.17) is 16.0 Å². The highest BCUT2D eigenvalue weighted by Crippen LogP contribution is 2.29. The minimum absolute atomic E-state index is 0.293. The SMILES string of the molecule is Fc1ccc(C(NCCc2ccccc2)c2nnc(-c3ccccc3Cl)o2)cc1. The molecule has 1 heterocycles. The molecule has 0 saturated carbocycles. The van der Waals surface area contributed by atoms with Gasteiger partial charge in [0.05, 0.1) is 10.6 Å². The Labute approximate surface area is 173 Å². The molecule has 1 N–H and O–H groups in total. The van der Waals surface area contributed by atoms with E-state index in [0.29, 0.717) is 28.9 Å². The molecule has 0 aliphatic carbocycles. The molecular weight excluding hydrogens is 389 g/mol. The van der Waals surface area contributed by atoms with Crippen molar-refractivity contribution in [2.75, 3.05) is 6.54 Å². The van der Waals surface area contributed by atoms with Crippen molar-refractivity contribution < 1.29 is 8.81 Å². The average Bonchev–Trinajstić information content (AvgIpc) is 3.23. The monoisotopic (exact) mass is 407 g/mol. The van der Waals surface area contributed by atoms with E-state index in [0.717, 1.165) is 12.0 Å². The van der Waals surface area contributed by atoms with Crippen LogP contribution in [-0.4, -0.2) is 16.7 Å². The van der Waals surface area contributed by atoms with Crippen LogP contribution in [0.1, 0.15) is 23.1 Å². The van der Waals surface area contributed by atoms with Gasteiger partial charge in [-0.1, -0.05) is 66.2 Å². The van der Waals surface area contributed by atoms with Crippen molar-refractivity contribution in [3.05, 3.63) is 107 Å². The number of aromatic nitrogens is 2. The first-order chi connectivity index (χ1) is 14.2. The molecule has 4 rings (SSSR count). The Hall–Kier alpha value is -3.02. The fourth-order valence-electron chi connectivity index (χ4n) is 3.10. The highest BCUT2D eigenvalue weighted by Gasteiger charge is 2.21. The predicted molar refractivity (Wildman–Crippen MR) is 111 cm³/mol. The molecule has 1 atom stereocenters. The first-order valence-corrected chi connectivity index (χ1v) is 9.69. The summed E-state index contributed by atoms with van der Waals surface area (Å²) in [6.45, 7) is 0.690. The van der Waals surface area contributed by atoms with E-state index in [1.54, 1.807) is 18.2 Å². The van der Waals surface area contributed by atoms with Gasteiger partial charge in [-0.25, -0.2) is 4.39 Å². The Morgan fingerprint density at radius 1 is 0.897 bits per heavy atom. The fraction of sp³-hybridized carbons (Fsp3) is 0.130. The zero-order valence-corrected chi connectivity index (χ0v) is 16.3. The number of hydrogen-bond acceptors (Lipinski definition) is 4. The normalized spacial score (nSPS) is 12.1. The van der Waals surface area contributed by atoms with Crippen LogP contribution in [0.2, 0.25) is 5.02 Å². The Balaban J connectivity index is 1.58. The third kappa shape index (κ3) is 4.70. The Morgan fingerprint density at radius 2 is 1.62 bits per heavy atom. The van der Waals surface area contributed by atoms with Crippen LogP contribution < -0.4 is 5.32 Å². The third-order valence-corrected chi connectivity index (χ3v) is 4.93. The molecule has 3 aromatic carbocycles. The second-order valence-corrected chi connectivity index (χ2v) is 7.01. The standard InChI is InChI=1S/C23H19ClFN3O/c24-20-9-5-4-8-19(20)22-27-28-23(29-22)21(17-10-12-18(25)13-11-17)26-15-14-16-6-2-1-3-7-16/h1-13,21,26H,14-15H2. The summed E-state index contributed by atoms with van der Waals surface area (Å²) in [6, 6.07) is 23.4. The van der Waals surface area contributed by atoms with Crippen molar-refractivity contribution >= 4 is 11.6 Å². The van der Waals surface area contributed by atoms with E-state index in [1.165, 1.54) is 17.7 Å². The maximum absolute atomic E-state index is 13.4. The maximum Gasteiger partial charge on any atom is 0.249 e. The van der Waals surface area contributed by atoms with Crippen molar-refractivity contribution in [3.63, 3.8) is 0 Å². The zero-order valence-electron chi connectivity index (χ0n) is 15.6. The summed E-state index contributed by atoms with van der Waals surface area (Å²) in [5.41, 5.74) is 2.74. The number of halogens is 2. The van der Waals surface area contributed by atoms with Gasteiger partial charge in [0.1, 0.15) is 11.9 Å². The van der Waals surface area contributed by atoms with Gasteiger partial charge in [-0.3, -0.25) is 0 Å². The third-order valence-electron chi connectivity index (χ3n) is 4.60. The maximum atomic E-state index is 13.4. The molecule has 29 heavy (non-hydrogen) atoms. The quantitative estimate of drug-likeness (QED) is 0.442. The van der Waals surface area contributed by atoms with Crippen LogP contribution in [0.5, 0.6) is 0 Å². The van der Waals surface area contributed by atoms with E-state index in [1.807, 2.05) is 36.4 Å². The molecule has 0 aliphatic heterocycles. The van der Waals surface area contributed by atoms with Gasteiger partial charge in [-0.2, -0.15) is 0 Å². The largest absolute Gasteiger partial charge is 0.419 e. The summed E-state index contributed by atoms with van der Waals surface area (Å²) in [7, 11) is 0. The number of hydrogen-bond donors (Lipinski definition) is 1. The van der Waals surface area contributed by atoms with Gasteiger partial charge in [0.25, 0.3) is 0 Å². The zero-order chi connectivity index (χ0) is 20.1. The molecule has 0 radical (unpaired) electrons. The minimum atomic E-state index is -0.358. The molecule has 0 aliphatic rings. The summed E-state index contributed by atoms with van der Waals surface area (Å²) in [4.78, 5) is 0. The molecule has 0 fully saturated rings. The van der Waals surface area contributed by atoms with Crippen LogP contribution in [-0.2, 0) is 6.42 Å². The van der Waals surface area contributed by atoms with E-state index in [9.17, 15) is 4.39 Å². The molecule has 0 spiro atoms. The summed E-state index contributed by atoms with van der Waals surface area (Å²) in [5.74, 6) is 0.459. The minimum Gasteiger partial charge on any atom is -0.419 e. The number of nitrogens with zero attached hydrogens (tertiary/aromatic N) is 2. The molecule has 0 bridgehead atoms. The average molecular weight is 408 g/mol. The van der Waals surface area contributed by atoms with E-state index in [2.05, 4.69) is 27.6 Å². The van der Waals surface area contributed by atoms with Crippen molar-refractivity contribution in [1.82, 2.24) is 15.5 Å². The van der Waals surface area contributed by atoms with Crippen LogP contribution in [0.25, 0.3) is 11.5 Å². The van der Waals surface area contributed by atoms with Gasteiger partial charge < -0.3 is 9.73 Å². The van der Waals surface area contributed by atoms with Crippen LogP contribution in [0.4, 0.5) is 4.39 Å². The Bertz CT molecular complexity index is 1070. The lowest BCUT2D eigenvalue weighted by molar-refractivity contribution is 0.440. The highest BCUT2D eigenvalue weighted by atomic mass is 35.5. The van der Waals surface area contributed by atoms with Crippen LogP contribution in [0.3, 0.4) is 0 Å². The molecule has 1 unspecified atom stereocenters. The van der Waals surface area contributed by atoms with Crippen molar-refractivity contribution in [2.24, 2.45) is 0 Å². The van der Waals surface area contributed by atoms with Gasteiger partial charge in [-0.15, -0.1) is 10.2 Å². The van der Waals surface area contributed by atoms with Crippen LogP contribution in [0, 0.1) is 5.82 Å². The lowest BCUT2D eigenvalue weighted by Gasteiger charge is -2.16. The van der Waals surface area contributed by atoms with Gasteiger partial charge in [-0.05, 0) is 41.8 Å². The van der Waals surface area contributed by atoms with Crippen LogP contribution >= 0.6 is 11.6 Å². The van der Waals surface area contributed by atoms with E-state index >= 15 is 0 Å². The first kappa shape index (κ1) is 19.3. The van der Waals surface area contributed by atoms with Gasteiger partial charge >= 0.3 is 0 Å². The fourth-order valence-corrected chi connectivity index (χ4v) is 3.32. The summed E-state index contributed by atoms with van der Waals surface area (Å²) >= 11 is 6.25. The molecular formula is C23H19ClFN3O. The molecule has 6 heteroatoms. The molecule has 0 amide bonds. The Kier molecular flexibility index (Phi) is 5.98. The number of nitrogens with one attached hydrogen (secondary N) is 1. The van der Waals surface area contributed by atoms with Crippen molar-refractivity contribution in [1.29, 1.82) is 0 Å². The molecule has 4 nitrogen and oxygen atoms in total. The molecule has 146 valence electrons. The van der Waals surface area contributed by atoms with E-state index in [-0.39, 0.29) is 11.9 Å². The van der Waals surface area contributed by atoms with Crippen LogP contribution in [0.15, 0.2) is 83.3 Å². The molecule has 1 aromatic heterocycles. The Morgan fingerprint density at radius 3 is 2.38 bits per heavy atom. The van der Waals surface area contributed by atoms with Gasteiger partial charge in [0, 0.05) is 6.54 Å². The second-order valence-electron chi connectivity index (χ2n) is 6.60. The smallest absolute Gasteiger partial charge is 0.249 e.